The minimum absolute atomic E-state index is 0.339. The van der Waals surface area contributed by atoms with Gasteiger partial charge in [0.05, 0.1) is 0 Å². The van der Waals surface area contributed by atoms with Gasteiger partial charge in [-0.1, -0.05) is 0 Å². The molecule has 0 spiro atoms. The quantitative estimate of drug-likeness (QED) is 0.775. The predicted molar refractivity (Wildman–Crippen MR) is 55.0 cm³/mol. The Hall–Kier alpha value is -1.12. The number of hydrogen-bond donors (Lipinski definition) is 1. The van der Waals surface area contributed by atoms with Gasteiger partial charge < -0.3 is 5.32 Å². The number of fused-ring (bicyclic) bond motifs is 2. The van der Waals surface area contributed by atoms with E-state index >= 15 is 0 Å². The number of aromatic nitrogens is 2. The highest BCUT2D eigenvalue weighted by Crippen LogP contribution is 2.48. The maximum absolute atomic E-state index is 4.23. The molecule has 2 fully saturated rings. The fourth-order valence-corrected chi connectivity index (χ4v) is 2.97. The summed E-state index contributed by atoms with van der Waals surface area (Å²) in [6.07, 6.45) is 10.3. The van der Waals surface area contributed by atoms with Crippen molar-refractivity contribution < 1.29 is 0 Å². The van der Waals surface area contributed by atoms with E-state index in [1.165, 1.54) is 32.1 Å². The molecule has 2 aliphatic rings. The molecule has 2 saturated carbocycles. The van der Waals surface area contributed by atoms with E-state index in [1.807, 2.05) is 6.07 Å². The van der Waals surface area contributed by atoms with Crippen molar-refractivity contribution in [1.29, 1.82) is 0 Å². The number of anilines is 1. The first-order valence-electron chi connectivity index (χ1n) is 5.42. The lowest BCUT2D eigenvalue weighted by atomic mass is 9.94. The molecular formula is C11H15N3. The van der Waals surface area contributed by atoms with Crippen LogP contribution in [0.4, 0.5) is 5.95 Å². The van der Waals surface area contributed by atoms with Crippen molar-refractivity contribution in [2.24, 2.45) is 5.92 Å². The molecule has 2 bridgehead atoms. The van der Waals surface area contributed by atoms with Gasteiger partial charge in [0.1, 0.15) is 0 Å². The Morgan fingerprint density at radius 3 is 2.50 bits per heavy atom. The molecule has 1 aromatic rings. The minimum atomic E-state index is 0.339. The third kappa shape index (κ3) is 1.27. The third-order valence-corrected chi connectivity index (χ3v) is 3.68. The maximum Gasteiger partial charge on any atom is 0.223 e. The number of nitrogens with one attached hydrogen (secondary N) is 1. The molecule has 14 heavy (non-hydrogen) atoms. The average Bonchev–Trinajstić information content (AvgIpc) is 2.78. The van der Waals surface area contributed by atoms with Crippen molar-refractivity contribution in [2.75, 3.05) is 5.32 Å². The molecule has 74 valence electrons. The second kappa shape index (κ2) is 2.94. The largest absolute Gasteiger partial charge is 0.349 e. The summed E-state index contributed by atoms with van der Waals surface area (Å²) in [7, 11) is 0. The first-order chi connectivity index (χ1) is 6.86. The summed E-state index contributed by atoms with van der Waals surface area (Å²) in [5.74, 6) is 1.77. The lowest BCUT2D eigenvalue weighted by Crippen LogP contribution is -2.33. The van der Waals surface area contributed by atoms with Crippen LogP contribution in [0, 0.1) is 5.92 Å². The molecule has 3 nitrogen and oxygen atoms in total. The van der Waals surface area contributed by atoms with Crippen LogP contribution in [-0.4, -0.2) is 15.5 Å². The van der Waals surface area contributed by atoms with Crippen LogP contribution in [0.3, 0.4) is 0 Å². The molecule has 0 amide bonds. The lowest BCUT2D eigenvalue weighted by molar-refractivity contribution is 0.445. The molecule has 0 unspecified atom stereocenters. The summed E-state index contributed by atoms with van der Waals surface area (Å²) in [6.45, 7) is 0. The standard InChI is InChI=1S/C11H15N3/c1-6-12-10(13-7-1)14-11-4-2-9(8-11)3-5-11/h1,6-7,9H,2-5,8H2,(H,12,13,14). The molecule has 0 aliphatic heterocycles. The SMILES string of the molecule is c1cnc(NC23CCC(CC2)C3)nc1. The van der Waals surface area contributed by atoms with Gasteiger partial charge in [-0.2, -0.15) is 0 Å². The highest BCUT2D eigenvalue weighted by atomic mass is 15.1. The molecule has 1 N–H and O–H groups in total. The van der Waals surface area contributed by atoms with Crippen LogP contribution >= 0.6 is 0 Å². The number of hydrogen-bond acceptors (Lipinski definition) is 3. The monoisotopic (exact) mass is 189 g/mol. The minimum Gasteiger partial charge on any atom is -0.349 e. The summed E-state index contributed by atoms with van der Waals surface area (Å²) in [6, 6.07) is 1.86. The molecular weight excluding hydrogens is 174 g/mol. The van der Waals surface area contributed by atoms with Crippen molar-refractivity contribution in [3.05, 3.63) is 18.5 Å². The lowest BCUT2D eigenvalue weighted by Gasteiger charge is -2.27. The zero-order chi connectivity index (χ0) is 9.43. The zero-order valence-corrected chi connectivity index (χ0v) is 8.24. The molecule has 2 aliphatic carbocycles. The molecule has 3 rings (SSSR count). The fraction of sp³-hybridized carbons (Fsp3) is 0.636. The van der Waals surface area contributed by atoms with Crippen LogP contribution in [-0.2, 0) is 0 Å². The van der Waals surface area contributed by atoms with E-state index in [2.05, 4.69) is 15.3 Å². The first-order valence-corrected chi connectivity index (χ1v) is 5.42. The van der Waals surface area contributed by atoms with Gasteiger partial charge in [-0.3, -0.25) is 0 Å². The van der Waals surface area contributed by atoms with Crippen LogP contribution in [0.1, 0.15) is 32.1 Å². The molecule has 0 atom stereocenters. The molecule has 0 aromatic carbocycles. The van der Waals surface area contributed by atoms with Crippen LogP contribution in [0.5, 0.6) is 0 Å². The second-order valence-corrected chi connectivity index (χ2v) is 4.63. The number of rotatable bonds is 2. The van der Waals surface area contributed by atoms with Crippen LogP contribution < -0.4 is 5.32 Å². The van der Waals surface area contributed by atoms with Gasteiger partial charge in [-0.25, -0.2) is 9.97 Å². The van der Waals surface area contributed by atoms with Crippen molar-refractivity contribution in [1.82, 2.24) is 9.97 Å². The Labute approximate surface area is 84.0 Å². The van der Waals surface area contributed by atoms with E-state index in [9.17, 15) is 0 Å². The number of nitrogens with zero attached hydrogens (tertiary/aromatic N) is 2. The average molecular weight is 189 g/mol. The Morgan fingerprint density at radius 1 is 1.21 bits per heavy atom. The summed E-state index contributed by atoms with van der Waals surface area (Å²) >= 11 is 0. The van der Waals surface area contributed by atoms with Crippen molar-refractivity contribution in [3.8, 4) is 0 Å². The molecule has 0 saturated heterocycles. The Bertz CT molecular complexity index is 315. The van der Waals surface area contributed by atoms with Crippen molar-refractivity contribution in [3.63, 3.8) is 0 Å². The topological polar surface area (TPSA) is 37.8 Å². The molecule has 1 heterocycles. The smallest absolute Gasteiger partial charge is 0.223 e. The molecule has 1 aromatic heterocycles. The molecule has 0 radical (unpaired) electrons. The Balaban J connectivity index is 1.78. The maximum atomic E-state index is 4.23. The summed E-state index contributed by atoms with van der Waals surface area (Å²) in [5.41, 5.74) is 0.339. The predicted octanol–water partition coefficient (Wildman–Crippen LogP) is 2.22. The Morgan fingerprint density at radius 2 is 1.93 bits per heavy atom. The molecule has 3 heteroatoms. The Kier molecular flexibility index (Phi) is 1.72. The fourth-order valence-electron chi connectivity index (χ4n) is 2.97. The van der Waals surface area contributed by atoms with E-state index in [-0.39, 0.29) is 0 Å². The van der Waals surface area contributed by atoms with Gasteiger partial charge >= 0.3 is 0 Å². The van der Waals surface area contributed by atoms with Gasteiger partial charge in [-0.15, -0.1) is 0 Å². The summed E-state index contributed by atoms with van der Waals surface area (Å²) in [5, 5.41) is 3.52. The normalized spacial score (nSPS) is 34.7. The zero-order valence-electron chi connectivity index (χ0n) is 8.24. The first kappa shape index (κ1) is 8.21. The van der Waals surface area contributed by atoms with Gasteiger partial charge in [-0.05, 0) is 44.1 Å². The van der Waals surface area contributed by atoms with Gasteiger partial charge in [0.2, 0.25) is 5.95 Å². The van der Waals surface area contributed by atoms with Gasteiger partial charge in [0, 0.05) is 17.9 Å². The summed E-state index contributed by atoms with van der Waals surface area (Å²) in [4.78, 5) is 8.46. The third-order valence-electron chi connectivity index (χ3n) is 3.68. The highest BCUT2D eigenvalue weighted by Gasteiger charge is 2.45. The van der Waals surface area contributed by atoms with E-state index in [0.29, 0.717) is 5.54 Å². The van der Waals surface area contributed by atoms with E-state index in [0.717, 1.165) is 11.9 Å². The van der Waals surface area contributed by atoms with Crippen molar-refractivity contribution >= 4 is 5.95 Å². The van der Waals surface area contributed by atoms with Crippen LogP contribution in [0.25, 0.3) is 0 Å². The van der Waals surface area contributed by atoms with Crippen LogP contribution in [0.2, 0.25) is 0 Å². The second-order valence-electron chi connectivity index (χ2n) is 4.63. The van der Waals surface area contributed by atoms with Gasteiger partial charge in [0.25, 0.3) is 0 Å². The van der Waals surface area contributed by atoms with Gasteiger partial charge in [0.15, 0.2) is 0 Å². The summed E-state index contributed by atoms with van der Waals surface area (Å²) < 4.78 is 0. The van der Waals surface area contributed by atoms with Crippen molar-refractivity contribution in [2.45, 2.75) is 37.6 Å². The van der Waals surface area contributed by atoms with E-state index in [1.54, 1.807) is 12.4 Å². The van der Waals surface area contributed by atoms with E-state index in [4.69, 9.17) is 0 Å². The van der Waals surface area contributed by atoms with Crippen LogP contribution in [0.15, 0.2) is 18.5 Å². The highest BCUT2D eigenvalue weighted by molar-refractivity contribution is 5.30. The van der Waals surface area contributed by atoms with E-state index < -0.39 is 0 Å².